The van der Waals surface area contributed by atoms with Crippen molar-refractivity contribution in [3.63, 3.8) is 0 Å². The molecule has 0 unspecified atom stereocenters. The first kappa shape index (κ1) is 18.7. The van der Waals surface area contributed by atoms with E-state index in [0.29, 0.717) is 27.7 Å². The predicted octanol–water partition coefficient (Wildman–Crippen LogP) is 5.36. The molecular weight excluding hydrogens is 362 g/mol. The zero-order valence-electron chi connectivity index (χ0n) is 15.3. The van der Waals surface area contributed by atoms with Gasteiger partial charge in [0.1, 0.15) is 5.75 Å². The summed E-state index contributed by atoms with van der Waals surface area (Å²) in [5.41, 5.74) is 4.66. The maximum Gasteiger partial charge on any atom is 0.257 e. The van der Waals surface area contributed by atoms with Crippen molar-refractivity contribution in [1.82, 2.24) is 4.98 Å². The fraction of sp³-hybridized carbons (Fsp3) is 0.143. The second-order valence-electron chi connectivity index (χ2n) is 6.20. The summed E-state index contributed by atoms with van der Waals surface area (Å²) in [6.45, 7) is 3.94. The molecule has 2 aromatic carbocycles. The summed E-state index contributed by atoms with van der Waals surface area (Å²) in [4.78, 5) is 16.8. The lowest BCUT2D eigenvalue weighted by Crippen LogP contribution is -2.13. The largest absolute Gasteiger partial charge is 0.495 e. The van der Waals surface area contributed by atoms with Crippen LogP contribution < -0.4 is 15.4 Å². The molecule has 3 aromatic rings. The average Bonchev–Trinajstić information content (AvgIpc) is 2.65. The van der Waals surface area contributed by atoms with Gasteiger partial charge in [-0.2, -0.15) is 0 Å². The number of aromatic nitrogens is 1. The number of nitrogens with zero attached hydrogens (tertiary/aromatic N) is 1. The van der Waals surface area contributed by atoms with E-state index >= 15 is 0 Å². The van der Waals surface area contributed by atoms with Gasteiger partial charge in [-0.25, -0.2) is 0 Å². The molecule has 0 aliphatic heterocycles. The smallest absolute Gasteiger partial charge is 0.257 e. The minimum absolute atomic E-state index is 0.224. The standard InChI is InChI=1S/C21H20ClN3O2/c1-13-4-5-14(2)18(8-13)25-21(26)15-9-17(12-23-11-15)24-19-10-16(22)6-7-20(19)27-3/h4-12,24H,1-3H3,(H,25,26). The van der Waals surface area contributed by atoms with Crippen LogP contribution in [0.25, 0.3) is 0 Å². The quantitative estimate of drug-likeness (QED) is 0.624. The molecule has 0 saturated carbocycles. The van der Waals surface area contributed by atoms with Crippen molar-refractivity contribution in [2.75, 3.05) is 17.7 Å². The Bertz CT molecular complexity index is 989. The maximum absolute atomic E-state index is 12.6. The van der Waals surface area contributed by atoms with Crippen LogP contribution in [0.4, 0.5) is 17.1 Å². The highest BCUT2D eigenvalue weighted by atomic mass is 35.5. The average molecular weight is 382 g/mol. The number of carbonyl (C=O) groups excluding carboxylic acids is 1. The van der Waals surface area contributed by atoms with E-state index in [-0.39, 0.29) is 5.91 Å². The Morgan fingerprint density at radius 2 is 1.85 bits per heavy atom. The van der Waals surface area contributed by atoms with Crippen molar-refractivity contribution >= 4 is 34.6 Å². The van der Waals surface area contributed by atoms with E-state index in [1.54, 1.807) is 37.6 Å². The summed E-state index contributed by atoms with van der Waals surface area (Å²) in [7, 11) is 1.58. The Morgan fingerprint density at radius 3 is 2.63 bits per heavy atom. The monoisotopic (exact) mass is 381 g/mol. The molecular formula is C21H20ClN3O2. The maximum atomic E-state index is 12.6. The van der Waals surface area contributed by atoms with Crippen LogP contribution in [0.5, 0.6) is 5.75 Å². The van der Waals surface area contributed by atoms with Crippen LogP contribution in [0, 0.1) is 13.8 Å². The van der Waals surface area contributed by atoms with Gasteiger partial charge in [-0.05, 0) is 55.3 Å². The molecule has 2 N–H and O–H groups in total. The molecule has 3 rings (SSSR count). The van der Waals surface area contributed by atoms with E-state index < -0.39 is 0 Å². The van der Waals surface area contributed by atoms with Crippen LogP contribution >= 0.6 is 11.6 Å². The Kier molecular flexibility index (Phi) is 5.62. The molecule has 1 aromatic heterocycles. The topological polar surface area (TPSA) is 63.2 Å². The van der Waals surface area contributed by atoms with E-state index in [0.717, 1.165) is 16.8 Å². The van der Waals surface area contributed by atoms with Gasteiger partial charge in [0.15, 0.2) is 0 Å². The number of carbonyl (C=O) groups is 1. The number of benzene rings is 2. The zero-order chi connectivity index (χ0) is 19.4. The molecule has 5 nitrogen and oxygen atoms in total. The Balaban J connectivity index is 1.82. The molecule has 1 amide bonds. The summed E-state index contributed by atoms with van der Waals surface area (Å²) in [6.07, 6.45) is 3.16. The van der Waals surface area contributed by atoms with Gasteiger partial charge in [0, 0.05) is 16.9 Å². The molecule has 1 heterocycles. The minimum atomic E-state index is -0.224. The molecule has 0 atom stereocenters. The number of amides is 1. The molecule has 138 valence electrons. The molecule has 0 bridgehead atoms. The summed E-state index contributed by atoms with van der Waals surface area (Å²) < 4.78 is 5.33. The van der Waals surface area contributed by atoms with E-state index in [2.05, 4.69) is 15.6 Å². The first-order valence-corrected chi connectivity index (χ1v) is 8.78. The van der Waals surface area contributed by atoms with Gasteiger partial charge >= 0.3 is 0 Å². The first-order chi connectivity index (χ1) is 13.0. The van der Waals surface area contributed by atoms with Gasteiger partial charge in [-0.3, -0.25) is 9.78 Å². The molecule has 27 heavy (non-hydrogen) atoms. The minimum Gasteiger partial charge on any atom is -0.495 e. The molecule has 0 aliphatic rings. The van der Waals surface area contributed by atoms with Crippen molar-refractivity contribution in [2.45, 2.75) is 13.8 Å². The molecule has 0 saturated heterocycles. The van der Waals surface area contributed by atoms with Gasteiger partial charge in [0.05, 0.1) is 30.2 Å². The second kappa shape index (κ2) is 8.10. The number of halogens is 1. The Hall–Kier alpha value is -3.05. The molecule has 0 fully saturated rings. The fourth-order valence-corrected chi connectivity index (χ4v) is 2.80. The van der Waals surface area contributed by atoms with Crippen molar-refractivity contribution in [2.24, 2.45) is 0 Å². The van der Waals surface area contributed by atoms with Crippen LogP contribution in [0.2, 0.25) is 5.02 Å². The summed E-state index contributed by atoms with van der Waals surface area (Å²) in [5.74, 6) is 0.419. The number of pyridine rings is 1. The lowest BCUT2D eigenvalue weighted by molar-refractivity contribution is 0.102. The van der Waals surface area contributed by atoms with Gasteiger partial charge in [-0.15, -0.1) is 0 Å². The lowest BCUT2D eigenvalue weighted by Gasteiger charge is -2.13. The highest BCUT2D eigenvalue weighted by molar-refractivity contribution is 6.31. The van der Waals surface area contributed by atoms with E-state index in [4.69, 9.17) is 16.3 Å². The zero-order valence-corrected chi connectivity index (χ0v) is 16.1. The molecule has 0 spiro atoms. The van der Waals surface area contributed by atoms with E-state index in [1.165, 1.54) is 6.20 Å². The Morgan fingerprint density at radius 1 is 1.04 bits per heavy atom. The third-order valence-electron chi connectivity index (χ3n) is 4.08. The number of methoxy groups -OCH3 is 1. The highest BCUT2D eigenvalue weighted by Crippen LogP contribution is 2.30. The number of hydrogen-bond acceptors (Lipinski definition) is 4. The van der Waals surface area contributed by atoms with Crippen molar-refractivity contribution < 1.29 is 9.53 Å². The number of rotatable bonds is 5. The molecule has 0 radical (unpaired) electrons. The van der Waals surface area contributed by atoms with Gasteiger partial charge in [-0.1, -0.05) is 23.7 Å². The van der Waals surface area contributed by atoms with E-state index in [1.807, 2.05) is 32.0 Å². The van der Waals surface area contributed by atoms with Gasteiger partial charge < -0.3 is 15.4 Å². The third kappa shape index (κ3) is 4.57. The summed E-state index contributed by atoms with van der Waals surface area (Å²) in [5, 5.41) is 6.71. The molecule has 6 heteroatoms. The highest BCUT2D eigenvalue weighted by Gasteiger charge is 2.11. The van der Waals surface area contributed by atoms with Crippen LogP contribution in [-0.2, 0) is 0 Å². The number of aryl methyl sites for hydroxylation is 2. The normalized spacial score (nSPS) is 10.4. The second-order valence-corrected chi connectivity index (χ2v) is 6.64. The lowest BCUT2D eigenvalue weighted by atomic mass is 10.1. The third-order valence-corrected chi connectivity index (χ3v) is 4.32. The Labute approximate surface area is 163 Å². The van der Waals surface area contributed by atoms with Crippen molar-refractivity contribution in [3.05, 3.63) is 76.6 Å². The van der Waals surface area contributed by atoms with Crippen LogP contribution in [0.1, 0.15) is 21.5 Å². The van der Waals surface area contributed by atoms with Gasteiger partial charge in [0.2, 0.25) is 0 Å². The summed E-state index contributed by atoms with van der Waals surface area (Å²) in [6, 6.07) is 12.9. The predicted molar refractivity (Wildman–Crippen MR) is 109 cm³/mol. The fourth-order valence-electron chi connectivity index (χ4n) is 2.63. The van der Waals surface area contributed by atoms with Crippen LogP contribution in [-0.4, -0.2) is 18.0 Å². The summed E-state index contributed by atoms with van der Waals surface area (Å²) >= 11 is 6.06. The molecule has 0 aliphatic carbocycles. The van der Waals surface area contributed by atoms with Gasteiger partial charge in [0.25, 0.3) is 5.91 Å². The van der Waals surface area contributed by atoms with Crippen LogP contribution in [0.15, 0.2) is 54.9 Å². The van der Waals surface area contributed by atoms with Crippen molar-refractivity contribution in [1.29, 1.82) is 0 Å². The van der Waals surface area contributed by atoms with E-state index in [9.17, 15) is 4.79 Å². The number of ether oxygens (including phenoxy) is 1. The van der Waals surface area contributed by atoms with Crippen LogP contribution in [0.3, 0.4) is 0 Å². The van der Waals surface area contributed by atoms with Crippen molar-refractivity contribution in [3.8, 4) is 5.75 Å². The first-order valence-electron chi connectivity index (χ1n) is 8.40. The SMILES string of the molecule is COc1ccc(Cl)cc1Nc1cncc(C(=O)Nc2cc(C)ccc2C)c1. The number of hydrogen-bond donors (Lipinski definition) is 2. The number of nitrogens with one attached hydrogen (secondary N) is 2. The number of anilines is 3.